The van der Waals surface area contributed by atoms with E-state index in [4.69, 9.17) is 15.6 Å². The standard InChI is InChI=1S/C19H21F2N5O2S.C2HF3O2/c1-12(2)25-5-3-4-16(18(25)27)13-6-15(29-10-13)9-24-11-23-26(19(24)28)8-14(7-22)17(20)21;3-2(4,5)1(6)7/h3-6,10-12H,7-9,22H2,1-2H3;(H,6,7). The molecule has 0 saturated heterocycles. The Balaban J connectivity index is 0.000000572. The Morgan fingerprint density at radius 3 is 2.42 bits per heavy atom. The molecule has 0 aromatic carbocycles. The van der Waals surface area contributed by atoms with Crippen molar-refractivity contribution in [2.24, 2.45) is 5.73 Å². The van der Waals surface area contributed by atoms with E-state index in [1.54, 1.807) is 16.8 Å². The highest BCUT2D eigenvalue weighted by molar-refractivity contribution is 7.10. The van der Waals surface area contributed by atoms with E-state index in [-0.39, 0.29) is 36.8 Å². The molecule has 0 radical (unpaired) electrons. The van der Waals surface area contributed by atoms with Gasteiger partial charge in [0, 0.05) is 34.8 Å². The van der Waals surface area contributed by atoms with Crippen LogP contribution in [0.2, 0.25) is 0 Å². The second-order valence-corrected chi connectivity index (χ2v) is 8.60. The number of pyridine rings is 1. The van der Waals surface area contributed by atoms with Crippen molar-refractivity contribution < 1.29 is 31.9 Å². The highest BCUT2D eigenvalue weighted by Gasteiger charge is 2.38. The lowest BCUT2D eigenvalue weighted by molar-refractivity contribution is -0.192. The number of rotatable bonds is 7. The van der Waals surface area contributed by atoms with Crippen LogP contribution in [0.3, 0.4) is 0 Å². The molecule has 3 aromatic rings. The van der Waals surface area contributed by atoms with Gasteiger partial charge < -0.3 is 15.4 Å². The second-order valence-electron chi connectivity index (χ2n) is 7.60. The molecule has 0 fully saturated rings. The van der Waals surface area contributed by atoms with Crippen LogP contribution in [-0.4, -0.2) is 42.7 Å². The van der Waals surface area contributed by atoms with Crippen LogP contribution in [0, 0.1) is 0 Å². The van der Waals surface area contributed by atoms with Gasteiger partial charge in [0.25, 0.3) is 11.6 Å². The van der Waals surface area contributed by atoms with E-state index < -0.39 is 23.9 Å². The van der Waals surface area contributed by atoms with Gasteiger partial charge in [-0.3, -0.25) is 9.36 Å². The number of aromatic nitrogens is 4. The summed E-state index contributed by atoms with van der Waals surface area (Å²) >= 11 is 1.41. The number of carbonyl (C=O) groups is 1. The molecule has 0 aliphatic carbocycles. The van der Waals surface area contributed by atoms with E-state index in [1.165, 1.54) is 22.2 Å². The number of nitrogens with zero attached hydrogens (tertiary/aromatic N) is 4. The normalized spacial score (nSPS) is 11.2. The Kier molecular flexibility index (Phi) is 9.47. The summed E-state index contributed by atoms with van der Waals surface area (Å²) in [6.45, 7) is 3.41. The first-order valence-corrected chi connectivity index (χ1v) is 11.1. The molecule has 0 bridgehead atoms. The Labute approximate surface area is 204 Å². The van der Waals surface area contributed by atoms with Crippen LogP contribution in [0.15, 0.2) is 57.3 Å². The van der Waals surface area contributed by atoms with Crippen molar-refractivity contribution in [3.63, 3.8) is 0 Å². The number of hydrogen-bond donors (Lipinski definition) is 2. The lowest BCUT2D eigenvalue weighted by Gasteiger charge is -2.10. The monoisotopic (exact) mass is 535 g/mol. The number of aliphatic carboxylic acids is 1. The van der Waals surface area contributed by atoms with E-state index >= 15 is 0 Å². The molecule has 0 atom stereocenters. The molecule has 196 valence electrons. The minimum atomic E-state index is -5.08. The lowest BCUT2D eigenvalue weighted by Crippen LogP contribution is -2.27. The lowest BCUT2D eigenvalue weighted by atomic mass is 10.1. The summed E-state index contributed by atoms with van der Waals surface area (Å²) in [5.74, 6) is -2.76. The van der Waals surface area contributed by atoms with Crippen LogP contribution in [0.1, 0.15) is 24.8 Å². The fourth-order valence-electron chi connectivity index (χ4n) is 2.88. The zero-order chi connectivity index (χ0) is 27.2. The highest BCUT2D eigenvalue weighted by atomic mass is 32.1. The number of thiophene rings is 1. The summed E-state index contributed by atoms with van der Waals surface area (Å²) in [5.41, 5.74) is 5.73. The molecular formula is C21H22F5N5O4S. The minimum absolute atomic E-state index is 0.0478. The number of carboxylic acid groups (broad SMARTS) is 1. The van der Waals surface area contributed by atoms with Crippen molar-refractivity contribution >= 4 is 17.3 Å². The SMILES string of the molecule is CC(C)n1cccc(-c2csc(Cn3cnn(CC(CN)=C(F)F)c3=O)c2)c1=O.O=C(O)C(F)(F)F. The predicted molar refractivity (Wildman–Crippen MR) is 122 cm³/mol. The molecule has 0 amide bonds. The van der Waals surface area contributed by atoms with Gasteiger partial charge in [0.15, 0.2) is 0 Å². The third-order valence-electron chi connectivity index (χ3n) is 4.72. The molecule has 3 N–H and O–H groups in total. The van der Waals surface area contributed by atoms with E-state index in [2.05, 4.69) is 5.10 Å². The van der Waals surface area contributed by atoms with Crippen LogP contribution in [0.25, 0.3) is 11.1 Å². The van der Waals surface area contributed by atoms with Crippen LogP contribution < -0.4 is 17.0 Å². The average Bonchev–Trinajstić information content (AvgIpc) is 3.39. The highest BCUT2D eigenvalue weighted by Crippen LogP contribution is 2.24. The van der Waals surface area contributed by atoms with Gasteiger partial charge in [0.2, 0.25) is 0 Å². The zero-order valence-corrected chi connectivity index (χ0v) is 19.8. The zero-order valence-electron chi connectivity index (χ0n) is 19.0. The van der Waals surface area contributed by atoms with Crippen molar-refractivity contribution in [3.05, 3.63) is 73.5 Å². The quantitative estimate of drug-likeness (QED) is 0.448. The van der Waals surface area contributed by atoms with Crippen LogP contribution >= 0.6 is 11.3 Å². The number of alkyl halides is 3. The molecule has 15 heteroatoms. The van der Waals surface area contributed by atoms with Gasteiger partial charge in [0.1, 0.15) is 6.33 Å². The maximum atomic E-state index is 12.8. The minimum Gasteiger partial charge on any atom is -0.475 e. The number of nitrogens with two attached hydrogens (primary N) is 1. The fraction of sp³-hybridized carbons (Fsp3) is 0.333. The van der Waals surface area contributed by atoms with Gasteiger partial charge in [-0.1, -0.05) is 0 Å². The van der Waals surface area contributed by atoms with Crippen LogP contribution in [-0.2, 0) is 17.9 Å². The summed E-state index contributed by atoms with van der Waals surface area (Å²) in [5, 5.41) is 12.9. The van der Waals surface area contributed by atoms with Crippen molar-refractivity contribution in [3.8, 4) is 11.1 Å². The molecule has 3 aromatic heterocycles. The molecule has 36 heavy (non-hydrogen) atoms. The molecule has 0 saturated carbocycles. The summed E-state index contributed by atoms with van der Waals surface area (Å²) in [6, 6.07) is 5.49. The fourth-order valence-corrected chi connectivity index (χ4v) is 3.76. The average molecular weight is 535 g/mol. The first kappa shape index (κ1) is 28.6. The van der Waals surface area contributed by atoms with Gasteiger partial charge in [-0.25, -0.2) is 14.3 Å². The van der Waals surface area contributed by atoms with E-state index in [9.17, 15) is 31.5 Å². The number of halogens is 5. The first-order chi connectivity index (χ1) is 16.8. The summed E-state index contributed by atoms with van der Waals surface area (Å²) < 4.78 is 61.2. The summed E-state index contributed by atoms with van der Waals surface area (Å²) in [7, 11) is 0. The third-order valence-corrected chi connectivity index (χ3v) is 5.64. The predicted octanol–water partition coefficient (Wildman–Crippen LogP) is 3.31. The van der Waals surface area contributed by atoms with Crippen molar-refractivity contribution in [2.45, 2.75) is 39.2 Å². The van der Waals surface area contributed by atoms with Crippen molar-refractivity contribution in [2.75, 3.05) is 6.54 Å². The number of carboxylic acids is 1. The molecule has 3 heterocycles. The van der Waals surface area contributed by atoms with E-state index in [0.717, 1.165) is 15.1 Å². The van der Waals surface area contributed by atoms with Gasteiger partial charge in [0.05, 0.1) is 13.1 Å². The van der Waals surface area contributed by atoms with Crippen LogP contribution in [0.4, 0.5) is 22.0 Å². The number of hydrogen-bond acceptors (Lipinski definition) is 6. The topological polar surface area (TPSA) is 125 Å². The van der Waals surface area contributed by atoms with Gasteiger partial charge in [-0.15, -0.1) is 11.3 Å². The largest absolute Gasteiger partial charge is 0.490 e. The maximum Gasteiger partial charge on any atom is 0.490 e. The van der Waals surface area contributed by atoms with E-state index in [0.29, 0.717) is 5.56 Å². The smallest absolute Gasteiger partial charge is 0.475 e. The Morgan fingerprint density at radius 1 is 1.25 bits per heavy atom. The Bertz CT molecular complexity index is 1350. The third kappa shape index (κ3) is 7.21. The maximum absolute atomic E-state index is 12.8. The Hall–Kier alpha value is -3.59. The molecular weight excluding hydrogens is 513 g/mol. The van der Waals surface area contributed by atoms with Gasteiger partial charge in [-0.05, 0) is 43.0 Å². The van der Waals surface area contributed by atoms with Crippen molar-refractivity contribution in [1.29, 1.82) is 0 Å². The summed E-state index contributed by atoms with van der Waals surface area (Å²) in [4.78, 5) is 34.8. The summed E-state index contributed by atoms with van der Waals surface area (Å²) in [6.07, 6.45) is -3.92. The first-order valence-electron chi connectivity index (χ1n) is 10.2. The Morgan fingerprint density at radius 2 is 1.89 bits per heavy atom. The molecule has 9 nitrogen and oxygen atoms in total. The molecule has 0 aliphatic heterocycles. The second kappa shape index (κ2) is 11.9. The van der Waals surface area contributed by atoms with E-state index in [1.807, 2.05) is 31.4 Å². The molecule has 0 spiro atoms. The molecule has 3 rings (SSSR count). The van der Waals surface area contributed by atoms with Crippen LogP contribution in [0.5, 0.6) is 0 Å². The molecule has 0 aliphatic rings. The van der Waals surface area contributed by atoms with Gasteiger partial charge >= 0.3 is 17.8 Å². The van der Waals surface area contributed by atoms with Crippen molar-refractivity contribution in [1.82, 2.24) is 18.9 Å². The molecule has 0 unspecified atom stereocenters. The van der Waals surface area contributed by atoms with Gasteiger partial charge in [-0.2, -0.15) is 27.1 Å².